The summed E-state index contributed by atoms with van der Waals surface area (Å²) >= 11 is 0. The maximum Gasteiger partial charge on any atom is 0.260 e. The van der Waals surface area contributed by atoms with Crippen molar-refractivity contribution >= 4 is 23.2 Å². The van der Waals surface area contributed by atoms with Gasteiger partial charge in [-0.15, -0.1) is 0 Å². The highest BCUT2D eigenvalue weighted by molar-refractivity contribution is 6.05. The van der Waals surface area contributed by atoms with Gasteiger partial charge in [-0.2, -0.15) is 0 Å². The third kappa shape index (κ3) is 3.75. The highest BCUT2D eigenvalue weighted by atomic mass is 16.5. The highest BCUT2D eigenvalue weighted by Crippen LogP contribution is 2.40. The number of anilines is 2. The van der Waals surface area contributed by atoms with Crippen LogP contribution in [0.25, 0.3) is 0 Å². The molecule has 2 aromatic rings. The topological polar surface area (TPSA) is 59.1 Å². The summed E-state index contributed by atoms with van der Waals surface area (Å²) < 4.78 is 12.0. The maximum atomic E-state index is 13.1. The predicted octanol–water partition coefficient (Wildman–Crippen LogP) is 4.16. The van der Waals surface area contributed by atoms with Crippen molar-refractivity contribution in [1.82, 2.24) is 0 Å². The van der Waals surface area contributed by atoms with E-state index in [1.165, 1.54) is 0 Å². The van der Waals surface area contributed by atoms with E-state index < -0.39 is 12.2 Å². The molecule has 0 aliphatic carbocycles. The summed E-state index contributed by atoms with van der Waals surface area (Å²) in [7, 11) is 0. The molecule has 1 fully saturated rings. The second-order valence-corrected chi connectivity index (χ2v) is 8.37. The number of amides is 2. The van der Waals surface area contributed by atoms with E-state index in [2.05, 4.69) is 0 Å². The van der Waals surface area contributed by atoms with Crippen molar-refractivity contribution in [2.45, 2.75) is 44.3 Å². The predicted molar refractivity (Wildman–Crippen MR) is 118 cm³/mol. The summed E-state index contributed by atoms with van der Waals surface area (Å²) in [4.78, 5) is 29.9. The SMILES string of the molecule is O=C1[C@H]2OCCCCCCO[C@@H]3C(=O)N(CCCN1c1ccccc12)c1ccccc13. The molecule has 0 N–H and O–H groups in total. The van der Waals surface area contributed by atoms with Crippen LogP contribution in [-0.4, -0.2) is 38.1 Å². The van der Waals surface area contributed by atoms with Gasteiger partial charge in [0.2, 0.25) is 0 Å². The second kappa shape index (κ2) is 8.81. The van der Waals surface area contributed by atoms with Crippen LogP contribution in [-0.2, 0) is 19.1 Å². The normalized spacial score (nSPS) is 24.6. The van der Waals surface area contributed by atoms with Crippen molar-refractivity contribution in [2.24, 2.45) is 0 Å². The van der Waals surface area contributed by atoms with Gasteiger partial charge in [0.25, 0.3) is 11.8 Å². The lowest BCUT2D eigenvalue weighted by molar-refractivity contribution is -0.129. The van der Waals surface area contributed by atoms with E-state index in [-0.39, 0.29) is 11.8 Å². The Balaban J connectivity index is 1.39. The van der Waals surface area contributed by atoms with E-state index >= 15 is 0 Å². The second-order valence-electron chi connectivity index (χ2n) is 8.37. The van der Waals surface area contributed by atoms with Crippen LogP contribution in [0.15, 0.2) is 48.5 Å². The molecular weight excluding hydrogens is 392 g/mol. The standard InChI is InChI=1S/C25H28N2O4/c28-24-22-18-10-3-5-12-20(18)26(24)14-9-15-27-21-13-6-4-11-19(21)23(25(27)29)31-17-8-2-1-7-16-30-22/h3-6,10-13,22-23H,1-2,7-9,14-17H2/t22-,23-/m0/s1. The van der Waals surface area contributed by atoms with Gasteiger partial charge in [0, 0.05) is 37.4 Å². The van der Waals surface area contributed by atoms with Gasteiger partial charge in [0.1, 0.15) is 0 Å². The molecule has 0 unspecified atom stereocenters. The molecule has 6 nitrogen and oxygen atoms in total. The average molecular weight is 421 g/mol. The number of ether oxygens (including phenoxy) is 2. The largest absolute Gasteiger partial charge is 0.364 e. The van der Waals surface area contributed by atoms with Gasteiger partial charge in [0.05, 0.1) is 11.4 Å². The van der Waals surface area contributed by atoms with E-state index in [0.717, 1.165) is 48.2 Å². The Morgan fingerprint density at radius 1 is 0.613 bits per heavy atom. The minimum Gasteiger partial charge on any atom is -0.364 e. The Labute approximate surface area is 182 Å². The minimum atomic E-state index is -0.520. The number of para-hydroxylation sites is 2. The smallest absolute Gasteiger partial charge is 0.260 e. The van der Waals surface area contributed by atoms with Crippen LogP contribution in [0.1, 0.15) is 55.4 Å². The van der Waals surface area contributed by atoms with Crippen molar-refractivity contribution in [3.05, 3.63) is 59.7 Å². The zero-order valence-electron chi connectivity index (χ0n) is 17.7. The summed E-state index contributed by atoms with van der Waals surface area (Å²) in [6, 6.07) is 15.8. The fraction of sp³-hybridized carbons (Fsp3) is 0.440. The van der Waals surface area contributed by atoms with Crippen LogP contribution in [0, 0.1) is 0 Å². The van der Waals surface area contributed by atoms with Crippen LogP contribution in [0.4, 0.5) is 11.4 Å². The van der Waals surface area contributed by atoms with E-state index in [1.54, 1.807) is 0 Å². The lowest BCUT2D eigenvalue weighted by atomic mass is 10.1. The molecular formula is C25H28N2O4. The number of rotatable bonds is 0. The van der Waals surface area contributed by atoms with Gasteiger partial charge in [-0.3, -0.25) is 9.59 Å². The molecule has 0 spiro atoms. The van der Waals surface area contributed by atoms with Crippen molar-refractivity contribution in [2.75, 3.05) is 36.1 Å². The summed E-state index contributed by atoms with van der Waals surface area (Å²) in [6.07, 6.45) is 3.48. The van der Waals surface area contributed by atoms with Crippen molar-refractivity contribution < 1.29 is 19.1 Å². The summed E-state index contributed by atoms with van der Waals surface area (Å²) in [5, 5.41) is 0. The third-order valence-electron chi connectivity index (χ3n) is 6.37. The van der Waals surface area contributed by atoms with E-state index in [1.807, 2.05) is 58.3 Å². The van der Waals surface area contributed by atoms with E-state index in [9.17, 15) is 9.59 Å². The average Bonchev–Trinajstić information content (AvgIpc) is 3.21. The number of fused-ring (bicyclic) bond motifs is 10. The van der Waals surface area contributed by atoms with E-state index in [4.69, 9.17) is 9.47 Å². The highest BCUT2D eigenvalue weighted by Gasteiger charge is 2.39. The summed E-state index contributed by atoms with van der Waals surface area (Å²) in [6.45, 7) is 2.24. The third-order valence-corrected chi connectivity index (χ3v) is 6.37. The molecule has 162 valence electrons. The Bertz CT molecular complexity index is 898. The Hall–Kier alpha value is -2.70. The molecule has 5 rings (SSSR count). The van der Waals surface area contributed by atoms with Crippen LogP contribution in [0.5, 0.6) is 0 Å². The molecule has 2 atom stereocenters. The number of nitrogens with zero attached hydrogens (tertiary/aromatic N) is 2. The fourth-order valence-corrected chi connectivity index (χ4v) is 4.83. The first-order valence-electron chi connectivity index (χ1n) is 11.3. The Kier molecular flexibility index (Phi) is 5.74. The monoisotopic (exact) mass is 420 g/mol. The molecule has 4 bridgehead atoms. The van der Waals surface area contributed by atoms with Gasteiger partial charge in [-0.05, 0) is 31.4 Å². The number of carbonyl (C=O) groups is 2. The molecule has 0 radical (unpaired) electrons. The van der Waals surface area contributed by atoms with E-state index in [0.29, 0.717) is 32.7 Å². The first-order valence-corrected chi connectivity index (χ1v) is 11.3. The van der Waals surface area contributed by atoms with Crippen LogP contribution in [0.2, 0.25) is 0 Å². The number of benzene rings is 2. The van der Waals surface area contributed by atoms with Gasteiger partial charge in [0.15, 0.2) is 12.2 Å². The lowest BCUT2D eigenvalue weighted by Gasteiger charge is -2.22. The summed E-state index contributed by atoms with van der Waals surface area (Å²) in [5.74, 6) is -0.000232. The van der Waals surface area contributed by atoms with Crippen LogP contribution in [0.3, 0.4) is 0 Å². The Morgan fingerprint density at radius 2 is 1.06 bits per heavy atom. The molecule has 2 aromatic carbocycles. The molecule has 3 aliphatic heterocycles. The van der Waals surface area contributed by atoms with Gasteiger partial charge in [-0.25, -0.2) is 0 Å². The molecule has 31 heavy (non-hydrogen) atoms. The summed E-state index contributed by atoms with van der Waals surface area (Å²) in [5.41, 5.74) is 3.75. The van der Waals surface area contributed by atoms with Crippen molar-refractivity contribution in [3.63, 3.8) is 0 Å². The zero-order chi connectivity index (χ0) is 21.2. The van der Waals surface area contributed by atoms with Gasteiger partial charge < -0.3 is 19.3 Å². The molecule has 3 heterocycles. The zero-order valence-corrected chi connectivity index (χ0v) is 17.7. The van der Waals surface area contributed by atoms with Crippen LogP contribution < -0.4 is 9.80 Å². The number of hydrogen-bond acceptors (Lipinski definition) is 4. The molecule has 0 aromatic heterocycles. The van der Waals surface area contributed by atoms with Crippen molar-refractivity contribution in [1.29, 1.82) is 0 Å². The first kappa shape index (κ1) is 20.2. The molecule has 3 aliphatic rings. The van der Waals surface area contributed by atoms with Crippen molar-refractivity contribution in [3.8, 4) is 0 Å². The quantitative estimate of drug-likeness (QED) is 0.642. The lowest BCUT2D eigenvalue weighted by Crippen LogP contribution is -2.35. The first-order chi connectivity index (χ1) is 15.3. The minimum absolute atomic E-state index is 0.000116. The van der Waals surface area contributed by atoms with Gasteiger partial charge in [-0.1, -0.05) is 49.2 Å². The Morgan fingerprint density at radius 3 is 1.55 bits per heavy atom. The number of carbonyl (C=O) groups excluding carboxylic acids is 2. The molecule has 0 saturated carbocycles. The maximum absolute atomic E-state index is 13.1. The van der Waals surface area contributed by atoms with Gasteiger partial charge >= 0.3 is 0 Å². The molecule has 2 amide bonds. The van der Waals surface area contributed by atoms with Crippen LogP contribution >= 0.6 is 0 Å². The fourth-order valence-electron chi connectivity index (χ4n) is 4.83. The molecule has 6 heteroatoms. The molecule has 1 saturated heterocycles. The number of hydrogen-bond donors (Lipinski definition) is 0.